The Hall–Kier alpha value is -2.50. The van der Waals surface area contributed by atoms with Crippen LogP contribution < -0.4 is 26.2 Å². The van der Waals surface area contributed by atoms with Crippen molar-refractivity contribution in [2.24, 2.45) is 0 Å². The highest BCUT2D eigenvalue weighted by molar-refractivity contribution is 9.11. The Labute approximate surface area is 189 Å². The highest BCUT2D eigenvalue weighted by atomic mass is 79.9. The predicted molar refractivity (Wildman–Crippen MR) is 119 cm³/mol. The fourth-order valence-corrected chi connectivity index (χ4v) is 3.35. The van der Waals surface area contributed by atoms with Crippen LogP contribution in [0.15, 0.2) is 51.4 Å². The van der Waals surface area contributed by atoms with Crippen molar-refractivity contribution in [3.8, 4) is 5.75 Å². The van der Waals surface area contributed by atoms with Crippen LogP contribution in [0, 0.1) is 0 Å². The van der Waals surface area contributed by atoms with Gasteiger partial charge in [-0.25, -0.2) is 0 Å². The number of rotatable bonds is 5. The summed E-state index contributed by atoms with van der Waals surface area (Å²) in [5.41, 5.74) is 5.71. The van der Waals surface area contributed by atoms with Crippen LogP contribution in [-0.4, -0.2) is 29.4 Å². The number of hydrogen-bond donors (Lipinski definition) is 4. The molecule has 29 heavy (non-hydrogen) atoms. The first-order valence-corrected chi connectivity index (χ1v) is 10.1. The van der Waals surface area contributed by atoms with Crippen LogP contribution in [0.4, 0.5) is 5.69 Å². The largest absolute Gasteiger partial charge is 0.483 e. The highest BCUT2D eigenvalue weighted by Gasteiger charge is 2.10. The molecule has 0 heterocycles. The number of anilines is 1. The van der Waals surface area contributed by atoms with Crippen molar-refractivity contribution >= 4 is 72.6 Å². The molecule has 4 N–H and O–H groups in total. The summed E-state index contributed by atoms with van der Waals surface area (Å²) in [5, 5.41) is 4.90. The topological polar surface area (TPSA) is 109 Å². The maximum absolute atomic E-state index is 12.1. The summed E-state index contributed by atoms with van der Waals surface area (Å²) in [6, 6.07) is 11.5. The SMILES string of the molecule is CC(=O)Nc1ccc(C(=O)NNC(=S)NC(=O)COc2ccc(Br)cc2Br)cc1. The summed E-state index contributed by atoms with van der Waals surface area (Å²) in [7, 11) is 0. The minimum absolute atomic E-state index is 0.0864. The molecule has 0 radical (unpaired) electrons. The smallest absolute Gasteiger partial charge is 0.269 e. The van der Waals surface area contributed by atoms with Crippen LogP contribution in [0.25, 0.3) is 0 Å². The van der Waals surface area contributed by atoms with E-state index >= 15 is 0 Å². The Kier molecular flexibility index (Phi) is 8.55. The summed E-state index contributed by atoms with van der Waals surface area (Å²) in [6.07, 6.45) is 0. The maximum Gasteiger partial charge on any atom is 0.269 e. The first-order valence-electron chi connectivity index (χ1n) is 8.10. The number of ether oxygens (including phenoxy) is 1. The standard InChI is InChI=1S/C18H16Br2N4O4S/c1-10(25)21-13-5-2-11(3-6-13)17(27)23-24-18(29)22-16(26)9-28-15-7-4-12(19)8-14(15)20/h2-8H,9H2,1H3,(H,21,25)(H,23,27)(H2,22,24,26,29). The number of hydrogen-bond acceptors (Lipinski definition) is 5. The van der Waals surface area contributed by atoms with Crippen molar-refractivity contribution in [3.63, 3.8) is 0 Å². The van der Waals surface area contributed by atoms with Gasteiger partial charge in [-0.15, -0.1) is 0 Å². The van der Waals surface area contributed by atoms with E-state index in [4.69, 9.17) is 17.0 Å². The van der Waals surface area contributed by atoms with Gasteiger partial charge >= 0.3 is 0 Å². The lowest BCUT2D eigenvalue weighted by molar-refractivity contribution is -0.121. The fourth-order valence-electron chi connectivity index (χ4n) is 2.02. The molecule has 3 amide bonds. The van der Waals surface area contributed by atoms with E-state index in [2.05, 4.69) is 53.3 Å². The molecular formula is C18H16Br2N4O4S. The molecule has 0 atom stereocenters. The maximum atomic E-state index is 12.1. The number of hydrazine groups is 1. The van der Waals surface area contributed by atoms with Gasteiger partial charge in [-0.2, -0.15) is 0 Å². The van der Waals surface area contributed by atoms with Crippen molar-refractivity contribution in [1.29, 1.82) is 0 Å². The van der Waals surface area contributed by atoms with E-state index in [9.17, 15) is 14.4 Å². The summed E-state index contributed by atoms with van der Waals surface area (Å²) >= 11 is 11.6. The first kappa shape index (κ1) is 22.8. The van der Waals surface area contributed by atoms with E-state index in [0.29, 0.717) is 21.5 Å². The molecule has 0 aliphatic rings. The molecule has 0 fully saturated rings. The van der Waals surface area contributed by atoms with Crippen molar-refractivity contribution in [2.75, 3.05) is 11.9 Å². The Morgan fingerprint density at radius 2 is 1.72 bits per heavy atom. The number of nitrogens with one attached hydrogen (secondary N) is 4. The van der Waals surface area contributed by atoms with E-state index in [1.54, 1.807) is 30.3 Å². The number of carbonyl (C=O) groups is 3. The molecule has 11 heteroatoms. The zero-order valence-corrected chi connectivity index (χ0v) is 19.0. The number of benzene rings is 2. The third-order valence-corrected chi connectivity index (χ3v) is 4.58. The van der Waals surface area contributed by atoms with Gasteiger partial charge in [-0.05, 0) is 70.6 Å². The summed E-state index contributed by atoms with van der Waals surface area (Å²) < 4.78 is 6.96. The van der Waals surface area contributed by atoms with Crippen LogP contribution >= 0.6 is 44.1 Å². The summed E-state index contributed by atoms with van der Waals surface area (Å²) in [5.74, 6) is -0.670. The molecule has 0 bridgehead atoms. The molecule has 0 saturated carbocycles. The fraction of sp³-hybridized carbons (Fsp3) is 0.111. The second-order valence-corrected chi connectivity index (χ2v) is 7.76. The first-order chi connectivity index (χ1) is 13.7. The van der Waals surface area contributed by atoms with Crippen LogP contribution in [0.1, 0.15) is 17.3 Å². The number of thiocarbonyl (C=S) groups is 1. The van der Waals surface area contributed by atoms with Crippen molar-refractivity contribution in [2.45, 2.75) is 6.92 Å². The summed E-state index contributed by atoms with van der Waals surface area (Å²) in [6.45, 7) is 1.13. The molecule has 152 valence electrons. The molecule has 2 rings (SSSR count). The molecule has 2 aromatic carbocycles. The van der Waals surface area contributed by atoms with Crippen LogP contribution in [0.2, 0.25) is 0 Å². The Balaban J connectivity index is 1.76. The van der Waals surface area contributed by atoms with Crippen molar-refractivity contribution in [1.82, 2.24) is 16.2 Å². The second-order valence-electron chi connectivity index (χ2n) is 5.58. The average Bonchev–Trinajstić information content (AvgIpc) is 2.65. The van der Waals surface area contributed by atoms with Gasteiger partial charge in [0.05, 0.1) is 4.47 Å². The van der Waals surface area contributed by atoms with Gasteiger partial charge in [0.2, 0.25) is 5.91 Å². The summed E-state index contributed by atoms with van der Waals surface area (Å²) in [4.78, 5) is 35.0. The molecule has 2 aromatic rings. The number of amides is 3. The molecular weight excluding hydrogens is 528 g/mol. The monoisotopic (exact) mass is 542 g/mol. The van der Waals surface area contributed by atoms with Gasteiger partial charge in [-0.1, -0.05) is 15.9 Å². The third-order valence-electron chi connectivity index (χ3n) is 3.26. The van der Waals surface area contributed by atoms with Crippen LogP contribution in [0.3, 0.4) is 0 Å². The molecule has 0 spiro atoms. The van der Waals surface area contributed by atoms with Gasteiger partial charge in [0.15, 0.2) is 11.7 Å². The lowest BCUT2D eigenvalue weighted by atomic mass is 10.2. The zero-order chi connectivity index (χ0) is 21.4. The highest BCUT2D eigenvalue weighted by Crippen LogP contribution is 2.28. The molecule has 0 aromatic heterocycles. The van der Waals surface area contributed by atoms with Gasteiger partial charge in [0.1, 0.15) is 5.75 Å². The van der Waals surface area contributed by atoms with Crippen molar-refractivity contribution in [3.05, 3.63) is 57.0 Å². The van der Waals surface area contributed by atoms with E-state index < -0.39 is 11.8 Å². The molecule has 0 unspecified atom stereocenters. The third kappa shape index (κ3) is 7.80. The average molecular weight is 544 g/mol. The predicted octanol–water partition coefficient (Wildman–Crippen LogP) is 2.88. The lowest BCUT2D eigenvalue weighted by Gasteiger charge is -2.12. The van der Waals surface area contributed by atoms with Gasteiger partial charge < -0.3 is 10.1 Å². The minimum Gasteiger partial charge on any atom is -0.483 e. The van der Waals surface area contributed by atoms with E-state index in [0.717, 1.165) is 4.47 Å². The van der Waals surface area contributed by atoms with Gasteiger partial charge in [0, 0.05) is 22.6 Å². The Morgan fingerprint density at radius 1 is 1.03 bits per heavy atom. The van der Waals surface area contributed by atoms with Crippen LogP contribution in [0.5, 0.6) is 5.75 Å². The lowest BCUT2D eigenvalue weighted by Crippen LogP contribution is -2.49. The van der Waals surface area contributed by atoms with Crippen molar-refractivity contribution < 1.29 is 19.1 Å². The van der Waals surface area contributed by atoms with Crippen LogP contribution in [-0.2, 0) is 9.59 Å². The Morgan fingerprint density at radius 3 is 2.34 bits per heavy atom. The normalized spacial score (nSPS) is 9.90. The number of halogens is 2. The Bertz CT molecular complexity index is 938. The van der Waals surface area contributed by atoms with E-state index in [1.807, 2.05) is 0 Å². The minimum atomic E-state index is -0.494. The molecule has 0 aliphatic carbocycles. The quantitative estimate of drug-likeness (QED) is 0.341. The van der Waals surface area contributed by atoms with E-state index in [1.165, 1.54) is 19.1 Å². The van der Waals surface area contributed by atoms with E-state index in [-0.39, 0.29) is 17.6 Å². The van der Waals surface area contributed by atoms with Gasteiger partial charge in [0.25, 0.3) is 11.8 Å². The molecule has 0 aliphatic heterocycles. The zero-order valence-electron chi connectivity index (χ0n) is 15.0. The molecule has 0 saturated heterocycles. The molecule has 8 nitrogen and oxygen atoms in total. The number of carbonyl (C=O) groups excluding carboxylic acids is 3. The van der Waals surface area contributed by atoms with Gasteiger partial charge in [-0.3, -0.25) is 30.6 Å². The second kappa shape index (κ2) is 10.9.